The summed E-state index contributed by atoms with van der Waals surface area (Å²) in [6.07, 6.45) is -2.04. The predicted octanol–water partition coefficient (Wildman–Crippen LogP) is 4.58. The lowest BCUT2D eigenvalue weighted by Gasteiger charge is -2.28. The molecule has 0 bridgehead atoms. The number of ether oxygens (including phenoxy) is 2. The highest BCUT2D eigenvalue weighted by molar-refractivity contribution is 6.05. The average molecular weight is 499 g/mol. The molecule has 188 valence electrons. The summed E-state index contributed by atoms with van der Waals surface area (Å²) < 4.78 is 50.2. The number of aromatic amines is 1. The third-order valence-corrected chi connectivity index (χ3v) is 6.25. The molecule has 3 aromatic rings. The summed E-state index contributed by atoms with van der Waals surface area (Å²) in [4.78, 5) is 30.3. The lowest BCUT2D eigenvalue weighted by atomic mass is 9.99. The van der Waals surface area contributed by atoms with Gasteiger partial charge >= 0.3 is 6.18 Å². The van der Waals surface area contributed by atoms with Gasteiger partial charge < -0.3 is 24.7 Å². The Morgan fingerprint density at radius 3 is 2.64 bits per heavy atom. The molecular weight excluding hydrogens is 475 g/mol. The van der Waals surface area contributed by atoms with Crippen molar-refractivity contribution in [1.29, 1.82) is 0 Å². The van der Waals surface area contributed by atoms with Crippen LogP contribution in [0.2, 0.25) is 0 Å². The molecular formula is C26H24F3N3O4. The first-order valence-corrected chi connectivity index (χ1v) is 11.6. The van der Waals surface area contributed by atoms with Crippen molar-refractivity contribution in [1.82, 2.24) is 4.98 Å². The van der Waals surface area contributed by atoms with Gasteiger partial charge in [0, 0.05) is 35.8 Å². The Balaban J connectivity index is 1.37. The average Bonchev–Trinajstić information content (AvgIpc) is 3.05. The van der Waals surface area contributed by atoms with Gasteiger partial charge in [-0.05, 0) is 48.7 Å². The Labute approximate surface area is 204 Å². The van der Waals surface area contributed by atoms with Gasteiger partial charge in [-0.25, -0.2) is 0 Å². The number of pyridine rings is 1. The fourth-order valence-electron chi connectivity index (χ4n) is 4.46. The van der Waals surface area contributed by atoms with Crippen LogP contribution in [0.3, 0.4) is 0 Å². The zero-order valence-corrected chi connectivity index (χ0v) is 19.3. The highest BCUT2D eigenvalue weighted by Crippen LogP contribution is 2.38. The van der Waals surface area contributed by atoms with Gasteiger partial charge in [0.25, 0.3) is 5.56 Å². The molecule has 0 unspecified atom stereocenters. The smallest absolute Gasteiger partial charge is 0.416 e. The number of aromatic nitrogens is 1. The van der Waals surface area contributed by atoms with Crippen molar-refractivity contribution in [2.45, 2.75) is 19.0 Å². The second kappa shape index (κ2) is 9.69. The van der Waals surface area contributed by atoms with Gasteiger partial charge in [0.2, 0.25) is 5.91 Å². The number of halogens is 3. The van der Waals surface area contributed by atoms with Crippen LogP contribution in [0.4, 0.5) is 24.5 Å². The van der Waals surface area contributed by atoms with Crippen LogP contribution in [-0.2, 0) is 15.7 Å². The summed E-state index contributed by atoms with van der Waals surface area (Å²) in [5, 5.41) is 3.60. The van der Waals surface area contributed by atoms with Gasteiger partial charge in [-0.2, -0.15) is 13.2 Å². The van der Waals surface area contributed by atoms with Crippen molar-refractivity contribution in [2.75, 3.05) is 43.1 Å². The van der Waals surface area contributed by atoms with Crippen molar-refractivity contribution in [3.8, 4) is 5.75 Å². The molecule has 0 atom stereocenters. The molecule has 1 amide bonds. The number of hydrogen-bond donors (Lipinski definition) is 2. The third kappa shape index (κ3) is 5.08. The summed E-state index contributed by atoms with van der Waals surface area (Å²) in [6.45, 7) is 2.68. The lowest BCUT2D eigenvalue weighted by Crippen LogP contribution is -2.39. The molecule has 2 aliphatic heterocycles. The van der Waals surface area contributed by atoms with Gasteiger partial charge in [0.05, 0.1) is 30.9 Å². The molecule has 1 fully saturated rings. The first-order valence-electron chi connectivity index (χ1n) is 11.6. The van der Waals surface area contributed by atoms with E-state index in [0.29, 0.717) is 67.2 Å². The van der Waals surface area contributed by atoms with E-state index in [1.807, 2.05) is 17.0 Å². The number of alkyl halides is 3. The molecule has 2 aliphatic rings. The highest BCUT2D eigenvalue weighted by atomic mass is 19.4. The molecule has 0 saturated carbocycles. The summed E-state index contributed by atoms with van der Waals surface area (Å²) in [7, 11) is 0. The molecule has 2 aromatic carbocycles. The Hall–Kier alpha value is -3.79. The number of H-pyrrole nitrogens is 1. The normalized spacial score (nSPS) is 17.4. The number of fused-ring (bicyclic) bond motifs is 2. The second-order valence-corrected chi connectivity index (χ2v) is 8.70. The number of carbonyl (C=O) groups is 1. The van der Waals surface area contributed by atoms with Crippen LogP contribution in [0.25, 0.3) is 16.5 Å². The number of carbonyl (C=O) groups excluding carboxylic acids is 1. The number of rotatable bonds is 3. The zero-order chi connectivity index (χ0) is 25.3. The minimum absolute atomic E-state index is 0.112. The Bertz CT molecular complexity index is 1390. The molecule has 5 rings (SSSR count). The Morgan fingerprint density at radius 2 is 1.86 bits per heavy atom. The molecule has 0 aliphatic carbocycles. The number of morpholine rings is 1. The van der Waals surface area contributed by atoms with Crippen molar-refractivity contribution >= 4 is 33.8 Å². The number of benzene rings is 2. The fourth-order valence-corrected chi connectivity index (χ4v) is 4.46. The van der Waals surface area contributed by atoms with Crippen molar-refractivity contribution < 1.29 is 27.4 Å². The summed E-state index contributed by atoms with van der Waals surface area (Å²) in [5.74, 6) is -0.315. The number of anilines is 2. The van der Waals surface area contributed by atoms with Crippen LogP contribution in [-0.4, -0.2) is 43.8 Å². The summed E-state index contributed by atoms with van der Waals surface area (Å²) in [6, 6.07) is 10.4. The zero-order valence-electron chi connectivity index (χ0n) is 19.3. The maximum atomic E-state index is 13.1. The van der Waals surface area contributed by atoms with Gasteiger partial charge in [-0.15, -0.1) is 0 Å². The molecule has 0 radical (unpaired) electrons. The van der Waals surface area contributed by atoms with Crippen LogP contribution < -0.4 is 20.5 Å². The number of allylic oxidation sites excluding steroid dienone is 1. The largest absolute Gasteiger partial charge is 0.493 e. The molecule has 2 N–H and O–H groups in total. The van der Waals surface area contributed by atoms with Crippen LogP contribution in [0.1, 0.15) is 24.0 Å². The summed E-state index contributed by atoms with van der Waals surface area (Å²) >= 11 is 0. The Kier molecular flexibility index (Phi) is 6.44. The predicted molar refractivity (Wildman–Crippen MR) is 130 cm³/mol. The molecule has 10 heteroatoms. The van der Waals surface area contributed by atoms with E-state index in [-0.39, 0.29) is 17.9 Å². The van der Waals surface area contributed by atoms with E-state index in [4.69, 9.17) is 9.47 Å². The molecule has 36 heavy (non-hydrogen) atoms. The number of amides is 1. The first kappa shape index (κ1) is 23.9. The topological polar surface area (TPSA) is 83.7 Å². The quantitative estimate of drug-likeness (QED) is 0.516. The van der Waals surface area contributed by atoms with E-state index < -0.39 is 17.6 Å². The fraction of sp³-hybridized carbons (Fsp3) is 0.308. The maximum Gasteiger partial charge on any atom is 0.416 e. The number of nitrogens with one attached hydrogen (secondary N) is 2. The standard InChI is InChI=1S/C26H24F3N3O4/c27-26(28,29)18-4-6-20-16(2-1-9-36-23(20)14-18)13-24(33)30-19-5-3-17-12-22(25(34)31-21(17)15-19)32-7-10-35-11-8-32/h3-6,12-15H,1-2,7-11H2,(H,30,33)(H,31,34). The van der Waals surface area contributed by atoms with Gasteiger partial charge in [-0.3, -0.25) is 9.59 Å². The minimum atomic E-state index is -4.48. The van der Waals surface area contributed by atoms with Gasteiger partial charge in [-0.1, -0.05) is 12.1 Å². The molecule has 7 nitrogen and oxygen atoms in total. The lowest BCUT2D eigenvalue weighted by molar-refractivity contribution is -0.137. The molecule has 0 spiro atoms. The second-order valence-electron chi connectivity index (χ2n) is 8.70. The van der Waals surface area contributed by atoms with E-state index in [1.54, 1.807) is 12.1 Å². The molecule has 1 saturated heterocycles. The van der Waals surface area contributed by atoms with Crippen LogP contribution in [0.5, 0.6) is 5.75 Å². The third-order valence-electron chi connectivity index (χ3n) is 6.25. The first-order chi connectivity index (χ1) is 17.3. The Morgan fingerprint density at radius 1 is 1.06 bits per heavy atom. The van der Waals surface area contributed by atoms with Crippen LogP contribution >= 0.6 is 0 Å². The van der Waals surface area contributed by atoms with Gasteiger partial charge in [0.15, 0.2) is 0 Å². The van der Waals surface area contributed by atoms with E-state index in [9.17, 15) is 22.8 Å². The van der Waals surface area contributed by atoms with E-state index >= 15 is 0 Å². The van der Waals surface area contributed by atoms with E-state index in [2.05, 4.69) is 10.3 Å². The number of hydrogen-bond acceptors (Lipinski definition) is 5. The number of nitrogens with zero attached hydrogens (tertiary/aromatic N) is 1. The van der Waals surface area contributed by atoms with Crippen LogP contribution in [0, 0.1) is 0 Å². The van der Waals surface area contributed by atoms with Crippen molar-refractivity contribution in [2.24, 2.45) is 0 Å². The summed E-state index contributed by atoms with van der Waals surface area (Å²) in [5.41, 5.74) is 1.69. The maximum absolute atomic E-state index is 13.1. The monoisotopic (exact) mass is 499 g/mol. The highest BCUT2D eigenvalue weighted by Gasteiger charge is 2.32. The van der Waals surface area contributed by atoms with Crippen molar-refractivity contribution in [3.63, 3.8) is 0 Å². The molecule has 1 aromatic heterocycles. The van der Waals surface area contributed by atoms with Crippen molar-refractivity contribution in [3.05, 3.63) is 70.0 Å². The molecule has 3 heterocycles. The van der Waals surface area contributed by atoms with E-state index in [1.165, 1.54) is 12.1 Å². The SMILES string of the molecule is O=C(C=C1CCCOc2cc(C(F)(F)F)ccc21)Nc1ccc2cc(N3CCOCC3)c(=O)[nH]c2c1. The minimum Gasteiger partial charge on any atom is -0.493 e. The van der Waals surface area contributed by atoms with Gasteiger partial charge in [0.1, 0.15) is 11.4 Å². The van der Waals surface area contributed by atoms with E-state index in [0.717, 1.165) is 17.5 Å². The van der Waals surface area contributed by atoms with Crippen LogP contribution in [0.15, 0.2) is 53.3 Å².